The van der Waals surface area contributed by atoms with Crippen molar-refractivity contribution >= 4 is 6.16 Å². The van der Waals surface area contributed by atoms with Gasteiger partial charge in [-0.05, 0) is 27.2 Å². The molecule has 6 nitrogen and oxygen atoms in total. The summed E-state index contributed by atoms with van der Waals surface area (Å²) >= 11 is 0. The molecule has 2 unspecified atom stereocenters. The minimum absolute atomic E-state index is 0.0839. The molecule has 0 spiro atoms. The van der Waals surface area contributed by atoms with Gasteiger partial charge in [-0.2, -0.15) is 0 Å². The number of ether oxygens (including phenoxy) is 5. The van der Waals surface area contributed by atoms with E-state index in [4.69, 9.17) is 23.7 Å². The Bertz CT molecular complexity index is 234. The number of hydrogen-bond acceptors (Lipinski definition) is 6. The molecule has 0 heterocycles. The summed E-state index contributed by atoms with van der Waals surface area (Å²) in [5.41, 5.74) is 0. The second-order valence-corrected chi connectivity index (χ2v) is 4.24. The van der Waals surface area contributed by atoms with Crippen LogP contribution in [0.4, 0.5) is 4.79 Å². The molecule has 6 heteroatoms. The van der Waals surface area contributed by atoms with Crippen molar-refractivity contribution in [2.45, 2.75) is 46.3 Å². The van der Waals surface area contributed by atoms with E-state index in [1.807, 2.05) is 27.7 Å². The predicted octanol–water partition coefficient (Wildman–Crippen LogP) is 2.40. The van der Waals surface area contributed by atoms with E-state index in [-0.39, 0.29) is 25.4 Å². The van der Waals surface area contributed by atoms with Crippen molar-refractivity contribution in [2.75, 3.05) is 39.6 Å². The Balaban J connectivity index is 3.60. The summed E-state index contributed by atoms with van der Waals surface area (Å²) in [6.45, 7) is 10.2. The maximum Gasteiger partial charge on any atom is 0.508 e. The van der Waals surface area contributed by atoms with E-state index < -0.39 is 6.16 Å². The summed E-state index contributed by atoms with van der Waals surface area (Å²) in [6, 6.07) is 0. The fourth-order valence-corrected chi connectivity index (χ4v) is 1.39. The monoisotopic (exact) mass is 292 g/mol. The van der Waals surface area contributed by atoms with Gasteiger partial charge in [-0.1, -0.05) is 6.92 Å². The summed E-state index contributed by atoms with van der Waals surface area (Å²) in [5, 5.41) is 0. The molecule has 120 valence electrons. The molecular weight excluding hydrogens is 264 g/mol. The molecule has 0 aliphatic heterocycles. The van der Waals surface area contributed by atoms with Gasteiger partial charge in [0.1, 0.15) is 13.2 Å². The van der Waals surface area contributed by atoms with Gasteiger partial charge in [-0.3, -0.25) is 0 Å². The normalized spacial score (nSPS) is 13.8. The molecule has 0 aromatic heterocycles. The van der Waals surface area contributed by atoms with Crippen LogP contribution in [0.25, 0.3) is 0 Å². The summed E-state index contributed by atoms with van der Waals surface area (Å²) in [7, 11) is 0. The number of carbonyl (C=O) groups is 1. The molecule has 0 aliphatic rings. The van der Waals surface area contributed by atoms with Gasteiger partial charge in [0.2, 0.25) is 0 Å². The Hall–Kier alpha value is -0.850. The number of rotatable bonds is 12. The van der Waals surface area contributed by atoms with Gasteiger partial charge in [-0.15, -0.1) is 0 Å². The molecule has 0 N–H and O–H groups in total. The molecule has 2 atom stereocenters. The first-order valence-electron chi connectivity index (χ1n) is 7.24. The van der Waals surface area contributed by atoms with Crippen molar-refractivity contribution in [2.24, 2.45) is 0 Å². The molecule has 0 amide bonds. The summed E-state index contributed by atoms with van der Waals surface area (Å²) in [5.74, 6) is 0. The third kappa shape index (κ3) is 11.0. The highest BCUT2D eigenvalue weighted by atomic mass is 16.7. The zero-order chi connectivity index (χ0) is 15.2. The van der Waals surface area contributed by atoms with Crippen LogP contribution in [0.3, 0.4) is 0 Å². The van der Waals surface area contributed by atoms with Crippen LogP contribution in [-0.2, 0) is 23.7 Å². The Labute approximate surface area is 121 Å². The van der Waals surface area contributed by atoms with Crippen LogP contribution in [0.2, 0.25) is 0 Å². The zero-order valence-corrected chi connectivity index (χ0v) is 13.1. The lowest BCUT2D eigenvalue weighted by atomic mass is 10.3. The minimum atomic E-state index is -0.697. The predicted molar refractivity (Wildman–Crippen MR) is 74.9 cm³/mol. The van der Waals surface area contributed by atoms with E-state index in [0.29, 0.717) is 26.4 Å². The first-order chi connectivity index (χ1) is 9.63. The first kappa shape index (κ1) is 19.1. The zero-order valence-electron chi connectivity index (χ0n) is 13.1. The van der Waals surface area contributed by atoms with Crippen LogP contribution in [0, 0.1) is 0 Å². The van der Waals surface area contributed by atoms with Crippen LogP contribution in [0.5, 0.6) is 0 Å². The fourth-order valence-electron chi connectivity index (χ4n) is 1.39. The highest BCUT2D eigenvalue weighted by Crippen LogP contribution is 2.02. The van der Waals surface area contributed by atoms with Gasteiger partial charge in [0.15, 0.2) is 0 Å². The van der Waals surface area contributed by atoms with Crippen LogP contribution < -0.4 is 0 Å². The highest BCUT2D eigenvalue weighted by Gasteiger charge is 2.12. The molecule has 0 aromatic rings. The molecule has 0 fully saturated rings. The Morgan fingerprint density at radius 3 is 2.30 bits per heavy atom. The lowest BCUT2D eigenvalue weighted by Crippen LogP contribution is -2.26. The summed E-state index contributed by atoms with van der Waals surface area (Å²) in [6.07, 6.45) is 0.0856. The van der Waals surface area contributed by atoms with Gasteiger partial charge in [0, 0.05) is 13.2 Å². The molecule has 0 rings (SSSR count). The van der Waals surface area contributed by atoms with Crippen molar-refractivity contribution in [3.05, 3.63) is 0 Å². The van der Waals surface area contributed by atoms with E-state index in [9.17, 15) is 4.79 Å². The maximum atomic E-state index is 11.2. The Morgan fingerprint density at radius 2 is 1.70 bits per heavy atom. The third-order valence-electron chi connectivity index (χ3n) is 2.51. The van der Waals surface area contributed by atoms with Crippen molar-refractivity contribution in [3.63, 3.8) is 0 Å². The quantitative estimate of drug-likeness (QED) is 0.406. The molecule has 0 aliphatic carbocycles. The van der Waals surface area contributed by atoms with E-state index in [0.717, 1.165) is 6.42 Å². The molecule has 0 bridgehead atoms. The highest BCUT2D eigenvalue weighted by molar-refractivity contribution is 5.59. The number of carbonyl (C=O) groups excluding carboxylic acids is 1. The lowest BCUT2D eigenvalue weighted by Gasteiger charge is -2.18. The first-order valence-corrected chi connectivity index (χ1v) is 7.24. The standard InChI is InChI=1S/C14H28O6/c1-5-13(17-7-3)11-19-12(4)10-20-14(15)18-9-8-16-6-2/h12-13H,5-11H2,1-4H3. The average Bonchev–Trinajstić information content (AvgIpc) is 2.45. The van der Waals surface area contributed by atoms with Crippen LogP contribution in [0.15, 0.2) is 0 Å². The van der Waals surface area contributed by atoms with E-state index in [2.05, 4.69) is 0 Å². The molecule has 0 saturated carbocycles. The molecule has 0 saturated heterocycles. The van der Waals surface area contributed by atoms with Crippen LogP contribution in [0.1, 0.15) is 34.1 Å². The Kier molecular flexibility index (Phi) is 12.6. The van der Waals surface area contributed by atoms with Crippen molar-refractivity contribution in [3.8, 4) is 0 Å². The van der Waals surface area contributed by atoms with Crippen LogP contribution >= 0.6 is 0 Å². The van der Waals surface area contributed by atoms with Crippen molar-refractivity contribution < 1.29 is 28.5 Å². The smallest absolute Gasteiger partial charge is 0.432 e. The SMILES string of the molecule is CCOCCOC(=O)OCC(C)OCC(CC)OCC. The van der Waals surface area contributed by atoms with Gasteiger partial charge in [0.25, 0.3) is 0 Å². The summed E-state index contributed by atoms with van der Waals surface area (Å²) in [4.78, 5) is 11.2. The second-order valence-electron chi connectivity index (χ2n) is 4.24. The molecule has 0 aromatic carbocycles. The third-order valence-corrected chi connectivity index (χ3v) is 2.51. The molecule has 20 heavy (non-hydrogen) atoms. The minimum Gasteiger partial charge on any atom is -0.432 e. The topological polar surface area (TPSA) is 63.2 Å². The molecule has 0 radical (unpaired) electrons. The average molecular weight is 292 g/mol. The van der Waals surface area contributed by atoms with Gasteiger partial charge in [0.05, 0.1) is 25.4 Å². The van der Waals surface area contributed by atoms with Crippen molar-refractivity contribution in [1.29, 1.82) is 0 Å². The maximum absolute atomic E-state index is 11.2. The van der Waals surface area contributed by atoms with Crippen LogP contribution in [-0.4, -0.2) is 58.0 Å². The fraction of sp³-hybridized carbons (Fsp3) is 0.929. The van der Waals surface area contributed by atoms with Gasteiger partial charge in [-0.25, -0.2) is 4.79 Å². The second kappa shape index (κ2) is 13.1. The molecular formula is C14H28O6. The van der Waals surface area contributed by atoms with Gasteiger partial charge < -0.3 is 23.7 Å². The summed E-state index contributed by atoms with van der Waals surface area (Å²) < 4.78 is 25.8. The van der Waals surface area contributed by atoms with E-state index in [1.54, 1.807) is 0 Å². The number of hydrogen-bond donors (Lipinski definition) is 0. The van der Waals surface area contributed by atoms with Gasteiger partial charge >= 0.3 is 6.16 Å². The van der Waals surface area contributed by atoms with E-state index >= 15 is 0 Å². The largest absolute Gasteiger partial charge is 0.508 e. The lowest BCUT2D eigenvalue weighted by molar-refractivity contribution is -0.0592. The van der Waals surface area contributed by atoms with Crippen molar-refractivity contribution in [1.82, 2.24) is 0 Å². The Morgan fingerprint density at radius 1 is 0.950 bits per heavy atom. The van der Waals surface area contributed by atoms with E-state index in [1.165, 1.54) is 0 Å².